The maximum absolute atomic E-state index is 6.07. The summed E-state index contributed by atoms with van der Waals surface area (Å²) in [6.45, 7) is 0. The lowest BCUT2D eigenvalue weighted by Crippen LogP contribution is -1.99. The minimum Gasteiger partial charge on any atom is -0.399 e. The van der Waals surface area contributed by atoms with Crippen LogP contribution >= 0.6 is 0 Å². The fraction of sp³-hybridized carbons (Fsp3) is 0. The summed E-state index contributed by atoms with van der Waals surface area (Å²) in [7, 11) is 0. The molecule has 0 radical (unpaired) electrons. The molecule has 138 valence electrons. The van der Waals surface area contributed by atoms with E-state index in [0.29, 0.717) is 11.4 Å². The third kappa shape index (κ3) is 3.91. The molecule has 4 nitrogen and oxygen atoms in total. The molecule has 0 aliphatic carbocycles. The van der Waals surface area contributed by atoms with Crippen molar-refractivity contribution >= 4 is 34.1 Å². The van der Waals surface area contributed by atoms with Gasteiger partial charge < -0.3 is 22.1 Å². The van der Waals surface area contributed by atoms with Crippen molar-refractivity contribution in [2.24, 2.45) is 0 Å². The first kappa shape index (κ1) is 17.5. The van der Waals surface area contributed by atoms with Crippen LogP contribution in [0.4, 0.5) is 34.1 Å². The maximum atomic E-state index is 6.07. The van der Waals surface area contributed by atoms with Crippen LogP contribution in [0.15, 0.2) is 97.1 Å². The SMILES string of the molecule is Nc1ccc(-c2ccc(N)cc2Nc2ccccc2)c(Nc2ccccc2)c1. The average molecular weight is 366 g/mol. The Hall–Kier alpha value is -3.92. The summed E-state index contributed by atoms with van der Waals surface area (Å²) in [5, 5.41) is 6.96. The molecular weight excluding hydrogens is 344 g/mol. The molecule has 4 rings (SSSR count). The third-order valence-electron chi connectivity index (χ3n) is 4.48. The van der Waals surface area contributed by atoms with Crippen molar-refractivity contribution in [2.45, 2.75) is 0 Å². The molecule has 0 aliphatic rings. The van der Waals surface area contributed by atoms with Gasteiger partial charge in [0, 0.05) is 45.3 Å². The number of anilines is 6. The van der Waals surface area contributed by atoms with Crippen molar-refractivity contribution in [1.29, 1.82) is 0 Å². The zero-order valence-electron chi connectivity index (χ0n) is 15.4. The van der Waals surface area contributed by atoms with Gasteiger partial charge in [0.15, 0.2) is 0 Å². The topological polar surface area (TPSA) is 76.1 Å². The molecule has 0 saturated carbocycles. The highest BCUT2D eigenvalue weighted by Gasteiger charge is 2.12. The highest BCUT2D eigenvalue weighted by atomic mass is 14.9. The standard InChI is InChI=1S/C24H22N4/c25-17-11-13-21(23(15-17)27-19-7-3-1-4-8-19)22-14-12-18(26)16-24(22)28-20-9-5-2-6-10-20/h1-16,27-28H,25-26H2. The summed E-state index contributed by atoms with van der Waals surface area (Å²) in [5.74, 6) is 0. The van der Waals surface area contributed by atoms with Gasteiger partial charge in [-0.15, -0.1) is 0 Å². The van der Waals surface area contributed by atoms with E-state index in [1.165, 1.54) is 0 Å². The molecule has 0 aromatic heterocycles. The molecule has 0 unspecified atom stereocenters. The van der Waals surface area contributed by atoms with Crippen LogP contribution in [0.3, 0.4) is 0 Å². The molecule has 0 saturated heterocycles. The van der Waals surface area contributed by atoms with Crippen molar-refractivity contribution < 1.29 is 0 Å². The Morgan fingerprint density at radius 3 is 1.25 bits per heavy atom. The maximum Gasteiger partial charge on any atom is 0.0485 e. The molecule has 4 aromatic carbocycles. The van der Waals surface area contributed by atoms with Gasteiger partial charge in [-0.25, -0.2) is 0 Å². The van der Waals surface area contributed by atoms with Gasteiger partial charge >= 0.3 is 0 Å². The number of nitrogens with one attached hydrogen (secondary N) is 2. The van der Waals surface area contributed by atoms with Crippen molar-refractivity contribution in [1.82, 2.24) is 0 Å². The van der Waals surface area contributed by atoms with Gasteiger partial charge in [0.2, 0.25) is 0 Å². The molecular formula is C24H22N4. The molecule has 6 N–H and O–H groups in total. The quantitative estimate of drug-likeness (QED) is 0.327. The molecule has 0 amide bonds. The Morgan fingerprint density at radius 1 is 0.464 bits per heavy atom. The van der Waals surface area contributed by atoms with E-state index in [1.54, 1.807) is 0 Å². The smallest absolute Gasteiger partial charge is 0.0485 e. The van der Waals surface area contributed by atoms with Crippen LogP contribution < -0.4 is 22.1 Å². The van der Waals surface area contributed by atoms with E-state index in [-0.39, 0.29) is 0 Å². The van der Waals surface area contributed by atoms with Gasteiger partial charge in [0.25, 0.3) is 0 Å². The van der Waals surface area contributed by atoms with Gasteiger partial charge in [0.1, 0.15) is 0 Å². The Bertz CT molecular complexity index is 987. The van der Waals surface area contributed by atoms with Crippen molar-refractivity contribution in [3.63, 3.8) is 0 Å². The number of hydrogen-bond acceptors (Lipinski definition) is 4. The van der Waals surface area contributed by atoms with Crippen molar-refractivity contribution in [3.8, 4) is 11.1 Å². The minimum absolute atomic E-state index is 0.704. The zero-order valence-corrected chi connectivity index (χ0v) is 15.4. The van der Waals surface area contributed by atoms with Gasteiger partial charge in [-0.2, -0.15) is 0 Å². The summed E-state index contributed by atoms with van der Waals surface area (Å²) in [5.41, 5.74) is 19.5. The molecule has 0 aliphatic heterocycles. The summed E-state index contributed by atoms with van der Waals surface area (Å²) in [6.07, 6.45) is 0. The number of nitrogen functional groups attached to an aromatic ring is 2. The van der Waals surface area contributed by atoms with E-state index in [1.807, 2.05) is 97.1 Å². The molecule has 0 spiro atoms. The predicted octanol–water partition coefficient (Wildman–Crippen LogP) is 6.01. The molecule has 4 heteroatoms. The molecule has 0 atom stereocenters. The van der Waals surface area contributed by atoms with Crippen molar-refractivity contribution in [2.75, 3.05) is 22.1 Å². The first-order valence-corrected chi connectivity index (χ1v) is 9.12. The van der Waals surface area contributed by atoms with E-state index < -0.39 is 0 Å². The first-order valence-electron chi connectivity index (χ1n) is 9.12. The highest BCUT2D eigenvalue weighted by Crippen LogP contribution is 2.38. The number of rotatable bonds is 5. The largest absolute Gasteiger partial charge is 0.399 e. The summed E-state index contributed by atoms with van der Waals surface area (Å²) in [6, 6.07) is 31.9. The van der Waals surface area contributed by atoms with E-state index in [0.717, 1.165) is 33.9 Å². The Morgan fingerprint density at radius 2 is 0.857 bits per heavy atom. The van der Waals surface area contributed by atoms with Crippen LogP contribution in [0.1, 0.15) is 0 Å². The van der Waals surface area contributed by atoms with Crippen LogP contribution in [0.5, 0.6) is 0 Å². The van der Waals surface area contributed by atoms with Gasteiger partial charge in [-0.1, -0.05) is 48.5 Å². The Kier molecular flexibility index (Phi) is 4.85. The zero-order chi connectivity index (χ0) is 19.3. The fourth-order valence-electron chi connectivity index (χ4n) is 3.15. The molecule has 0 fully saturated rings. The van der Waals surface area contributed by atoms with E-state index in [9.17, 15) is 0 Å². The van der Waals surface area contributed by atoms with Gasteiger partial charge in [-0.05, 0) is 48.5 Å². The molecule has 4 aromatic rings. The second-order valence-electron chi connectivity index (χ2n) is 6.59. The van der Waals surface area contributed by atoms with E-state index in [2.05, 4.69) is 10.6 Å². The number of para-hydroxylation sites is 2. The second kappa shape index (κ2) is 7.76. The van der Waals surface area contributed by atoms with Crippen LogP contribution in [0.2, 0.25) is 0 Å². The summed E-state index contributed by atoms with van der Waals surface area (Å²) >= 11 is 0. The second-order valence-corrected chi connectivity index (χ2v) is 6.59. The van der Waals surface area contributed by atoms with E-state index >= 15 is 0 Å². The Balaban J connectivity index is 1.79. The lowest BCUT2D eigenvalue weighted by Gasteiger charge is -2.18. The van der Waals surface area contributed by atoms with Crippen LogP contribution in [0, 0.1) is 0 Å². The number of hydrogen-bond donors (Lipinski definition) is 4. The Labute approximate surface area is 164 Å². The van der Waals surface area contributed by atoms with E-state index in [4.69, 9.17) is 11.5 Å². The molecule has 0 bridgehead atoms. The summed E-state index contributed by atoms with van der Waals surface area (Å²) < 4.78 is 0. The lowest BCUT2D eigenvalue weighted by molar-refractivity contribution is 1.51. The van der Waals surface area contributed by atoms with Gasteiger partial charge in [0.05, 0.1) is 0 Å². The fourth-order valence-corrected chi connectivity index (χ4v) is 3.15. The summed E-state index contributed by atoms with van der Waals surface area (Å²) in [4.78, 5) is 0. The first-order chi connectivity index (χ1) is 13.7. The molecule has 28 heavy (non-hydrogen) atoms. The average Bonchev–Trinajstić information content (AvgIpc) is 2.71. The number of nitrogens with two attached hydrogens (primary N) is 2. The predicted molar refractivity (Wildman–Crippen MR) is 120 cm³/mol. The third-order valence-corrected chi connectivity index (χ3v) is 4.48. The normalized spacial score (nSPS) is 10.4. The number of benzene rings is 4. The highest BCUT2D eigenvalue weighted by molar-refractivity contribution is 5.91. The van der Waals surface area contributed by atoms with Crippen LogP contribution in [-0.4, -0.2) is 0 Å². The lowest BCUT2D eigenvalue weighted by atomic mass is 10.00. The van der Waals surface area contributed by atoms with Crippen LogP contribution in [0.25, 0.3) is 11.1 Å². The monoisotopic (exact) mass is 366 g/mol. The van der Waals surface area contributed by atoms with Gasteiger partial charge in [-0.3, -0.25) is 0 Å². The minimum atomic E-state index is 0.704. The molecule has 0 heterocycles. The van der Waals surface area contributed by atoms with Crippen LogP contribution in [-0.2, 0) is 0 Å². The van der Waals surface area contributed by atoms with Crippen molar-refractivity contribution in [3.05, 3.63) is 97.1 Å².